The molecule has 0 aromatic heterocycles. The molecular weight excluding hydrogens is 400 g/mol. The molecule has 32 heavy (non-hydrogen) atoms. The molecule has 0 rings (SSSR count). The van der Waals surface area contributed by atoms with Crippen LogP contribution in [0.3, 0.4) is 0 Å². The maximum Gasteiger partial charge on any atom is 0.220 e. The Balaban J connectivity index is 3.34. The lowest BCUT2D eigenvalue weighted by Gasteiger charge is -2.02. The summed E-state index contributed by atoms with van der Waals surface area (Å²) in [6.07, 6.45) is 16.9. The van der Waals surface area contributed by atoms with Crippen molar-refractivity contribution in [3.8, 4) is 23.7 Å². The Kier molecular flexibility index (Phi) is 23.6. The number of hydrogen-bond acceptors (Lipinski definition) is 2. The van der Waals surface area contributed by atoms with Crippen LogP contribution < -0.4 is 22.1 Å². The smallest absolute Gasteiger partial charge is 0.220 e. The SMILES string of the molecule is [NH3+]CCNC(=O)CCCCCCCCC#CC#CCCCCCCCCC(=O)NCC[NH3+]. The highest BCUT2D eigenvalue weighted by atomic mass is 16.2. The molecule has 8 N–H and O–H groups in total. The quantitative estimate of drug-likeness (QED) is 0.168. The minimum Gasteiger partial charge on any atom is -0.356 e. The molecule has 0 aromatic rings. The molecule has 0 atom stereocenters. The summed E-state index contributed by atoms with van der Waals surface area (Å²) in [7, 11) is 0. The zero-order valence-electron chi connectivity index (χ0n) is 20.4. The number of rotatable bonds is 20. The molecule has 0 aliphatic carbocycles. The van der Waals surface area contributed by atoms with Gasteiger partial charge in [0.05, 0.1) is 26.2 Å². The second-order valence-corrected chi connectivity index (χ2v) is 8.25. The van der Waals surface area contributed by atoms with Crippen molar-refractivity contribution in [2.75, 3.05) is 26.2 Å². The maximum atomic E-state index is 11.5. The van der Waals surface area contributed by atoms with Gasteiger partial charge in [-0.15, -0.1) is 0 Å². The molecule has 182 valence electrons. The zero-order valence-corrected chi connectivity index (χ0v) is 20.4. The van der Waals surface area contributed by atoms with E-state index in [2.05, 4.69) is 45.8 Å². The van der Waals surface area contributed by atoms with Crippen LogP contribution in [-0.4, -0.2) is 38.0 Å². The van der Waals surface area contributed by atoms with Crippen LogP contribution in [0.15, 0.2) is 0 Å². The Morgan fingerprint density at radius 2 is 0.875 bits per heavy atom. The van der Waals surface area contributed by atoms with E-state index in [1.54, 1.807) is 0 Å². The van der Waals surface area contributed by atoms with Crippen molar-refractivity contribution >= 4 is 11.8 Å². The number of carbonyl (C=O) groups is 2. The van der Waals surface area contributed by atoms with Crippen LogP contribution in [0.1, 0.15) is 103 Å². The van der Waals surface area contributed by atoms with Gasteiger partial charge in [0.1, 0.15) is 0 Å². The van der Waals surface area contributed by atoms with Gasteiger partial charge in [-0.1, -0.05) is 63.2 Å². The van der Waals surface area contributed by atoms with Gasteiger partial charge in [0.25, 0.3) is 0 Å². The topological polar surface area (TPSA) is 113 Å². The fourth-order valence-electron chi connectivity index (χ4n) is 3.26. The lowest BCUT2D eigenvalue weighted by Crippen LogP contribution is -2.54. The van der Waals surface area contributed by atoms with Crippen LogP contribution in [0, 0.1) is 23.7 Å². The molecule has 0 aliphatic rings. The Bertz CT molecular complexity index is 532. The minimum atomic E-state index is 0.156. The van der Waals surface area contributed by atoms with Crippen LogP contribution in [0.5, 0.6) is 0 Å². The monoisotopic (exact) mass is 448 g/mol. The summed E-state index contributed by atoms with van der Waals surface area (Å²) in [5, 5.41) is 5.72. The molecule has 0 spiro atoms. The van der Waals surface area contributed by atoms with E-state index in [-0.39, 0.29) is 11.8 Å². The van der Waals surface area contributed by atoms with Gasteiger partial charge in [-0.3, -0.25) is 9.59 Å². The molecule has 6 heteroatoms. The first-order valence-electron chi connectivity index (χ1n) is 12.8. The van der Waals surface area contributed by atoms with E-state index < -0.39 is 0 Å². The van der Waals surface area contributed by atoms with Gasteiger partial charge in [-0.2, -0.15) is 0 Å². The molecule has 0 heterocycles. The normalized spacial score (nSPS) is 9.94. The molecule has 0 fully saturated rings. The molecule has 2 amide bonds. The van der Waals surface area contributed by atoms with Gasteiger partial charge >= 0.3 is 0 Å². The van der Waals surface area contributed by atoms with Crippen molar-refractivity contribution in [2.45, 2.75) is 103 Å². The highest BCUT2D eigenvalue weighted by Crippen LogP contribution is 2.09. The van der Waals surface area contributed by atoms with Crippen LogP contribution in [0.2, 0.25) is 0 Å². The second kappa shape index (κ2) is 25.2. The summed E-state index contributed by atoms with van der Waals surface area (Å²) in [6, 6.07) is 0. The molecule has 0 aliphatic heterocycles. The van der Waals surface area contributed by atoms with E-state index in [4.69, 9.17) is 0 Å². The summed E-state index contributed by atoms with van der Waals surface area (Å²) in [4.78, 5) is 22.9. The van der Waals surface area contributed by atoms with Crippen molar-refractivity contribution in [1.82, 2.24) is 10.6 Å². The van der Waals surface area contributed by atoms with Gasteiger partial charge in [0.2, 0.25) is 11.8 Å². The summed E-state index contributed by atoms with van der Waals surface area (Å²) in [5.41, 5.74) is 7.42. The molecule has 0 radical (unpaired) electrons. The van der Waals surface area contributed by atoms with Gasteiger partial charge in [0, 0.05) is 25.7 Å². The first-order valence-corrected chi connectivity index (χ1v) is 12.8. The molecule has 0 bridgehead atoms. The van der Waals surface area contributed by atoms with Crippen molar-refractivity contribution in [3.63, 3.8) is 0 Å². The summed E-state index contributed by atoms with van der Waals surface area (Å²) < 4.78 is 0. The third-order valence-corrected chi connectivity index (χ3v) is 5.15. The van der Waals surface area contributed by atoms with Crippen molar-refractivity contribution in [2.24, 2.45) is 0 Å². The Morgan fingerprint density at radius 3 is 1.25 bits per heavy atom. The molecule has 0 saturated carbocycles. The Hall–Kier alpha value is -2.02. The van der Waals surface area contributed by atoms with E-state index >= 15 is 0 Å². The highest BCUT2D eigenvalue weighted by Gasteiger charge is 2.00. The molecule has 0 saturated heterocycles. The molecule has 6 nitrogen and oxygen atoms in total. The number of carbonyl (C=O) groups excluding carboxylic acids is 2. The lowest BCUT2D eigenvalue weighted by atomic mass is 10.1. The first-order chi connectivity index (χ1) is 15.7. The van der Waals surface area contributed by atoms with Gasteiger partial charge in [0.15, 0.2) is 0 Å². The molecular formula is C26H48N4O2+2. The summed E-state index contributed by atoms with van der Waals surface area (Å²) in [6.45, 7) is 2.88. The van der Waals surface area contributed by atoms with Crippen LogP contribution in [0.4, 0.5) is 0 Å². The van der Waals surface area contributed by atoms with E-state index in [0.717, 1.165) is 64.5 Å². The van der Waals surface area contributed by atoms with E-state index in [0.29, 0.717) is 25.9 Å². The summed E-state index contributed by atoms with van der Waals surface area (Å²) >= 11 is 0. The average molecular weight is 449 g/mol. The average Bonchev–Trinajstić information content (AvgIpc) is 2.80. The zero-order chi connectivity index (χ0) is 23.5. The fraction of sp³-hybridized carbons (Fsp3) is 0.769. The molecule has 0 aromatic carbocycles. The van der Waals surface area contributed by atoms with E-state index in [9.17, 15) is 9.59 Å². The third kappa shape index (κ3) is 24.3. The summed E-state index contributed by atoms with van der Waals surface area (Å²) in [5.74, 6) is 12.6. The fourth-order valence-corrected chi connectivity index (χ4v) is 3.26. The number of unbranched alkanes of at least 4 members (excludes halogenated alkanes) is 12. The highest BCUT2D eigenvalue weighted by molar-refractivity contribution is 5.76. The minimum absolute atomic E-state index is 0.156. The largest absolute Gasteiger partial charge is 0.356 e. The Morgan fingerprint density at radius 1 is 0.531 bits per heavy atom. The van der Waals surface area contributed by atoms with Gasteiger partial charge in [-0.25, -0.2) is 0 Å². The van der Waals surface area contributed by atoms with Crippen LogP contribution in [0.25, 0.3) is 0 Å². The predicted molar refractivity (Wildman–Crippen MR) is 131 cm³/mol. The van der Waals surface area contributed by atoms with Crippen LogP contribution >= 0.6 is 0 Å². The number of quaternary nitrogens is 2. The van der Waals surface area contributed by atoms with Crippen LogP contribution in [-0.2, 0) is 9.59 Å². The second-order valence-electron chi connectivity index (χ2n) is 8.25. The predicted octanol–water partition coefficient (Wildman–Crippen LogP) is 1.95. The van der Waals surface area contributed by atoms with E-state index in [1.165, 1.54) is 38.5 Å². The Labute approximate surface area is 196 Å². The van der Waals surface area contributed by atoms with Gasteiger partial charge < -0.3 is 22.1 Å². The molecule has 0 unspecified atom stereocenters. The first kappa shape index (κ1) is 30.0. The third-order valence-electron chi connectivity index (χ3n) is 5.15. The van der Waals surface area contributed by atoms with Crippen molar-refractivity contribution in [3.05, 3.63) is 0 Å². The lowest BCUT2D eigenvalue weighted by molar-refractivity contribution is -0.365. The number of nitrogens with one attached hydrogen (secondary N) is 2. The maximum absolute atomic E-state index is 11.5. The van der Waals surface area contributed by atoms with Crippen molar-refractivity contribution in [1.29, 1.82) is 0 Å². The van der Waals surface area contributed by atoms with Crippen molar-refractivity contribution < 1.29 is 21.1 Å². The van der Waals surface area contributed by atoms with Gasteiger partial charge in [-0.05, 0) is 37.5 Å². The van der Waals surface area contributed by atoms with E-state index in [1.807, 2.05) is 0 Å². The number of amides is 2. The standard InChI is InChI=1S/C26H46N4O2/c27-21-23-29-25(31)19-17-15-13-11-9-7-5-3-1-2-4-6-8-10-12-14-16-18-20-26(32)30-24-22-28/h5-24,27-28H2,(H,29,31)(H,30,32)/p+2. The number of hydrogen-bond donors (Lipinski definition) is 4.